The number of hydrogen-bond donors (Lipinski definition) is 6. The Hall–Kier alpha value is -6.60. The number of unbranched alkanes of at least 4 members (excludes halogenated alkanes) is 2. The van der Waals surface area contributed by atoms with E-state index in [9.17, 15) is 19.2 Å². The largest absolute Gasteiger partial charge is 0.475 e. The van der Waals surface area contributed by atoms with Crippen LogP contribution >= 0.6 is 0 Å². The number of imidazole rings is 2. The number of nitrogens with two attached hydrogens (primary N) is 2. The molecule has 50 heavy (non-hydrogen) atoms. The molecule has 8 N–H and O–H groups in total. The maximum absolute atomic E-state index is 12.2. The maximum atomic E-state index is 12.2. The summed E-state index contributed by atoms with van der Waals surface area (Å²) in [7, 11) is 0. The standard InChI is InChI=1S/2C15H17N5O5/c2*1-2-3-6-24-14-18-11(16)10-12(19-14)20(15(23)17-10)7-8-4-5-9(25-8)13(21)22/h2*4-5H,2-3,6-7H2,1H3,(H,17,23)(H,21,22)(H2,16,18,19). The molecular formula is C30H34N10O10. The topological polar surface area (TPSA) is 299 Å². The molecule has 0 fully saturated rings. The van der Waals surface area contributed by atoms with Crippen LogP contribution in [-0.4, -0.2) is 74.4 Å². The zero-order valence-corrected chi connectivity index (χ0v) is 27.0. The van der Waals surface area contributed by atoms with Crippen LogP contribution in [0.1, 0.15) is 72.2 Å². The van der Waals surface area contributed by atoms with Crippen LogP contribution in [0.15, 0.2) is 42.7 Å². The van der Waals surface area contributed by atoms with Crippen LogP contribution in [-0.2, 0) is 13.1 Å². The number of aromatic amines is 2. The molecule has 0 spiro atoms. The maximum Gasteiger partial charge on any atom is 0.371 e. The molecular weight excluding hydrogens is 660 g/mol. The number of nitrogens with one attached hydrogen (secondary N) is 2. The lowest BCUT2D eigenvalue weighted by Gasteiger charge is -2.06. The Kier molecular flexibility index (Phi) is 10.5. The van der Waals surface area contributed by atoms with Crippen LogP contribution in [0.3, 0.4) is 0 Å². The fourth-order valence-corrected chi connectivity index (χ4v) is 4.57. The molecule has 0 saturated heterocycles. The van der Waals surface area contributed by atoms with Crippen LogP contribution in [0.25, 0.3) is 22.3 Å². The van der Waals surface area contributed by atoms with E-state index in [0.717, 1.165) is 25.7 Å². The number of carbonyl (C=O) groups is 2. The minimum absolute atomic E-state index is 0.00301. The van der Waals surface area contributed by atoms with Crippen LogP contribution in [0.4, 0.5) is 11.6 Å². The summed E-state index contributed by atoms with van der Waals surface area (Å²) in [5, 5.41) is 17.8. The van der Waals surface area contributed by atoms with Gasteiger partial charge in [-0.1, -0.05) is 26.7 Å². The first-order valence-electron chi connectivity index (χ1n) is 15.4. The molecule has 264 valence electrons. The minimum Gasteiger partial charge on any atom is -0.475 e. The summed E-state index contributed by atoms with van der Waals surface area (Å²) in [6, 6.07) is 5.77. The van der Waals surface area contributed by atoms with Crippen LogP contribution in [0.5, 0.6) is 12.0 Å². The highest BCUT2D eigenvalue weighted by atomic mass is 16.5. The Labute approximate surface area is 280 Å². The van der Waals surface area contributed by atoms with Crippen molar-refractivity contribution in [3.05, 3.63) is 68.3 Å². The molecule has 0 aromatic carbocycles. The Balaban J connectivity index is 0.000000194. The zero-order chi connectivity index (χ0) is 35.9. The van der Waals surface area contributed by atoms with Crippen molar-refractivity contribution in [1.82, 2.24) is 39.0 Å². The van der Waals surface area contributed by atoms with Crippen LogP contribution in [0.2, 0.25) is 0 Å². The van der Waals surface area contributed by atoms with Crippen molar-refractivity contribution in [2.75, 3.05) is 24.7 Å². The average Bonchev–Trinajstić information content (AvgIpc) is 3.87. The van der Waals surface area contributed by atoms with Gasteiger partial charge < -0.3 is 50.0 Å². The monoisotopic (exact) mass is 694 g/mol. The molecule has 0 bridgehead atoms. The van der Waals surface area contributed by atoms with Gasteiger partial charge in [-0.2, -0.15) is 19.9 Å². The lowest BCUT2D eigenvalue weighted by Crippen LogP contribution is -2.17. The summed E-state index contributed by atoms with van der Waals surface area (Å²) in [5.74, 6) is -2.00. The van der Waals surface area contributed by atoms with E-state index in [1.165, 1.54) is 33.4 Å². The molecule has 0 atom stereocenters. The highest BCUT2D eigenvalue weighted by molar-refractivity contribution is 5.85. The van der Waals surface area contributed by atoms with Crippen molar-refractivity contribution in [3.63, 3.8) is 0 Å². The molecule has 6 aromatic rings. The van der Waals surface area contributed by atoms with E-state index in [2.05, 4.69) is 29.9 Å². The number of carboxylic acids is 2. The molecule has 0 radical (unpaired) electrons. The van der Waals surface area contributed by atoms with E-state index in [1.807, 2.05) is 13.8 Å². The van der Waals surface area contributed by atoms with Gasteiger partial charge in [-0.15, -0.1) is 0 Å². The van der Waals surface area contributed by atoms with Crippen molar-refractivity contribution in [2.24, 2.45) is 0 Å². The summed E-state index contributed by atoms with van der Waals surface area (Å²) in [6.45, 7) is 4.93. The van der Waals surface area contributed by atoms with Crippen LogP contribution in [0, 0.1) is 0 Å². The number of aromatic nitrogens is 8. The van der Waals surface area contributed by atoms with Gasteiger partial charge in [-0.25, -0.2) is 19.2 Å². The predicted molar refractivity (Wildman–Crippen MR) is 175 cm³/mol. The number of rotatable bonds is 14. The molecule has 0 saturated carbocycles. The quantitative estimate of drug-likeness (QED) is 0.0892. The van der Waals surface area contributed by atoms with Gasteiger partial charge in [0.1, 0.15) is 22.6 Å². The molecule has 0 aliphatic heterocycles. The van der Waals surface area contributed by atoms with E-state index < -0.39 is 23.3 Å². The van der Waals surface area contributed by atoms with Gasteiger partial charge in [-0.3, -0.25) is 9.13 Å². The number of H-pyrrole nitrogens is 2. The average molecular weight is 695 g/mol. The number of fused-ring (bicyclic) bond motifs is 2. The highest BCUT2D eigenvalue weighted by Crippen LogP contribution is 2.21. The lowest BCUT2D eigenvalue weighted by atomic mass is 10.4. The van der Waals surface area contributed by atoms with E-state index >= 15 is 0 Å². The third-order valence-corrected chi connectivity index (χ3v) is 7.09. The molecule has 0 aliphatic rings. The first kappa shape index (κ1) is 34.7. The summed E-state index contributed by atoms with van der Waals surface area (Å²) >= 11 is 0. The SMILES string of the molecule is CCCCOc1nc(N)c2[nH]c(=O)n(Cc3ccc(C(=O)O)o3)c2n1.CCCCOc1nc(N)c2[nH]c(=O)n(Cc3ccc(C(=O)O)o3)c2n1. The third kappa shape index (κ3) is 7.75. The first-order chi connectivity index (χ1) is 24.0. The predicted octanol–water partition coefficient (Wildman–Crippen LogP) is 2.44. The number of aromatic carboxylic acids is 2. The molecule has 0 amide bonds. The van der Waals surface area contributed by atoms with Gasteiger partial charge in [0.2, 0.25) is 11.5 Å². The van der Waals surface area contributed by atoms with Crippen molar-refractivity contribution in [1.29, 1.82) is 0 Å². The number of ether oxygens (including phenoxy) is 2. The molecule has 6 aromatic heterocycles. The summed E-state index contributed by atoms with van der Waals surface area (Å²) in [5.41, 5.74) is 11.9. The fraction of sp³-hybridized carbons (Fsp3) is 0.333. The van der Waals surface area contributed by atoms with E-state index in [1.54, 1.807) is 0 Å². The fourth-order valence-electron chi connectivity index (χ4n) is 4.57. The Morgan fingerprint density at radius 3 is 1.46 bits per heavy atom. The van der Waals surface area contributed by atoms with Crippen molar-refractivity contribution >= 4 is 45.9 Å². The van der Waals surface area contributed by atoms with Gasteiger partial charge in [0.25, 0.3) is 0 Å². The number of nitrogens with zero attached hydrogens (tertiary/aromatic N) is 6. The van der Waals surface area contributed by atoms with Crippen molar-refractivity contribution in [2.45, 2.75) is 52.6 Å². The number of carboxylic acid groups (broad SMARTS) is 2. The van der Waals surface area contributed by atoms with Gasteiger partial charge in [0.15, 0.2) is 22.9 Å². The first-order valence-corrected chi connectivity index (χ1v) is 15.4. The minimum atomic E-state index is -1.18. The van der Waals surface area contributed by atoms with E-state index in [4.69, 9.17) is 40.0 Å². The second kappa shape index (κ2) is 15.1. The van der Waals surface area contributed by atoms with Gasteiger partial charge in [-0.05, 0) is 37.1 Å². The molecule has 0 unspecified atom stereocenters. The molecule has 6 heterocycles. The summed E-state index contributed by atoms with van der Waals surface area (Å²) in [4.78, 5) is 67.8. The number of furan rings is 2. The highest BCUT2D eigenvalue weighted by Gasteiger charge is 2.19. The van der Waals surface area contributed by atoms with Crippen molar-refractivity contribution < 1.29 is 38.1 Å². The van der Waals surface area contributed by atoms with E-state index in [-0.39, 0.29) is 70.6 Å². The zero-order valence-electron chi connectivity index (χ0n) is 27.0. The van der Waals surface area contributed by atoms with Crippen molar-refractivity contribution in [3.8, 4) is 12.0 Å². The number of hydrogen-bond acceptors (Lipinski definition) is 14. The second-order valence-corrected chi connectivity index (χ2v) is 10.8. The van der Waals surface area contributed by atoms with Gasteiger partial charge >= 0.3 is 35.3 Å². The molecule has 6 rings (SSSR count). The van der Waals surface area contributed by atoms with Gasteiger partial charge in [0.05, 0.1) is 26.3 Å². The lowest BCUT2D eigenvalue weighted by molar-refractivity contribution is 0.0650. The summed E-state index contributed by atoms with van der Waals surface area (Å²) in [6.07, 6.45) is 3.59. The smallest absolute Gasteiger partial charge is 0.371 e. The van der Waals surface area contributed by atoms with Gasteiger partial charge in [0, 0.05) is 0 Å². The second-order valence-electron chi connectivity index (χ2n) is 10.8. The number of anilines is 2. The Bertz CT molecular complexity index is 2100. The summed E-state index contributed by atoms with van der Waals surface area (Å²) < 4.78 is 23.8. The Morgan fingerprint density at radius 1 is 0.720 bits per heavy atom. The Morgan fingerprint density at radius 2 is 1.12 bits per heavy atom. The third-order valence-electron chi connectivity index (χ3n) is 7.09. The van der Waals surface area contributed by atoms with Crippen LogP contribution < -0.4 is 32.3 Å². The number of nitrogen functional groups attached to an aromatic ring is 2. The van der Waals surface area contributed by atoms with E-state index in [0.29, 0.717) is 24.7 Å². The molecule has 20 heteroatoms. The molecule has 0 aliphatic carbocycles. The normalized spacial score (nSPS) is 11.1. The molecule has 20 nitrogen and oxygen atoms in total.